The van der Waals surface area contributed by atoms with Gasteiger partial charge in [0.15, 0.2) is 0 Å². The third-order valence-electron chi connectivity index (χ3n) is 3.38. The molecule has 0 aliphatic carbocycles. The highest BCUT2D eigenvalue weighted by molar-refractivity contribution is 6.39. The first-order valence-electron chi connectivity index (χ1n) is 7.19. The van der Waals surface area contributed by atoms with Gasteiger partial charge in [-0.2, -0.15) is 0 Å². The van der Waals surface area contributed by atoms with Crippen LogP contribution in [0.25, 0.3) is 0 Å². The van der Waals surface area contributed by atoms with Crippen molar-refractivity contribution in [1.82, 2.24) is 4.90 Å². The summed E-state index contributed by atoms with van der Waals surface area (Å²) in [6.07, 6.45) is -0.0987. The molecule has 1 saturated heterocycles. The van der Waals surface area contributed by atoms with Crippen LogP contribution < -0.4 is 5.32 Å². The average Bonchev–Trinajstić information content (AvgIpc) is 2.35. The number of nitrogens with one attached hydrogen (secondary N) is 1. The van der Waals surface area contributed by atoms with E-state index in [0.717, 1.165) is 11.1 Å². The molecule has 5 nitrogen and oxygen atoms in total. The Morgan fingerprint density at radius 2 is 1.62 bits per heavy atom. The number of nitrogens with zero attached hydrogens (tertiary/aromatic N) is 1. The smallest absolute Gasteiger partial charge is 0.313 e. The van der Waals surface area contributed by atoms with Crippen LogP contribution >= 0.6 is 0 Å². The van der Waals surface area contributed by atoms with Crippen molar-refractivity contribution in [3.8, 4) is 0 Å². The summed E-state index contributed by atoms with van der Waals surface area (Å²) in [7, 11) is 0. The lowest BCUT2D eigenvalue weighted by Gasteiger charge is -2.34. The van der Waals surface area contributed by atoms with Crippen molar-refractivity contribution in [2.75, 3.05) is 18.4 Å². The first-order chi connectivity index (χ1) is 9.85. The van der Waals surface area contributed by atoms with E-state index in [2.05, 4.69) is 5.32 Å². The van der Waals surface area contributed by atoms with Crippen LogP contribution in [-0.2, 0) is 14.3 Å². The van der Waals surface area contributed by atoms with E-state index in [4.69, 9.17) is 4.74 Å². The van der Waals surface area contributed by atoms with Gasteiger partial charge in [0.25, 0.3) is 0 Å². The van der Waals surface area contributed by atoms with E-state index in [0.29, 0.717) is 18.8 Å². The number of hydrogen-bond donors (Lipinski definition) is 1. The molecule has 2 rings (SSSR count). The molecule has 1 aromatic rings. The number of amides is 2. The molecule has 0 aromatic heterocycles. The normalized spacial score (nSPS) is 22.0. The van der Waals surface area contributed by atoms with Crippen LogP contribution in [0.2, 0.25) is 0 Å². The van der Waals surface area contributed by atoms with Gasteiger partial charge in [-0.3, -0.25) is 9.59 Å². The highest BCUT2D eigenvalue weighted by Crippen LogP contribution is 2.15. The van der Waals surface area contributed by atoms with Crippen molar-refractivity contribution in [2.24, 2.45) is 0 Å². The molecule has 2 amide bonds. The monoisotopic (exact) mass is 290 g/mol. The van der Waals surface area contributed by atoms with Crippen molar-refractivity contribution in [1.29, 1.82) is 0 Å². The Balaban J connectivity index is 2.04. The molecule has 0 spiro atoms. The minimum atomic E-state index is -0.596. The Morgan fingerprint density at radius 3 is 2.14 bits per heavy atom. The largest absolute Gasteiger partial charge is 0.372 e. The van der Waals surface area contributed by atoms with Gasteiger partial charge in [0.05, 0.1) is 12.2 Å². The molecular formula is C16H22N2O3. The lowest BCUT2D eigenvalue weighted by Crippen LogP contribution is -2.51. The number of benzene rings is 1. The zero-order valence-corrected chi connectivity index (χ0v) is 13.0. The quantitative estimate of drug-likeness (QED) is 0.803. The molecule has 5 heteroatoms. The molecular weight excluding hydrogens is 268 g/mol. The third-order valence-corrected chi connectivity index (χ3v) is 3.38. The average molecular weight is 290 g/mol. The van der Waals surface area contributed by atoms with Gasteiger partial charge in [-0.05, 0) is 51.0 Å². The van der Waals surface area contributed by atoms with Gasteiger partial charge in [0.1, 0.15) is 0 Å². The number of hydrogen-bond acceptors (Lipinski definition) is 3. The van der Waals surface area contributed by atoms with Gasteiger partial charge in [-0.15, -0.1) is 0 Å². The van der Waals surface area contributed by atoms with Crippen LogP contribution in [-0.4, -0.2) is 42.0 Å². The summed E-state index contributed by atoms with van der Waals surface area (Å²) in [5, 5.41) is 2.68. The fourth-order valence-corrected chi connectivity index (χ4v) is 2.72. The molecule has 2 atom stereocenters. The zero-order valence-electron chi connectivity index (χ0n) is 13.0. The molecule has 1 N–H and O–H groups in total. The second-order valence-electron chi connectivity index (χ2n) is 5.80. The second kappa shape index (κ2) is 6.26. The van der Waals surface area contributed by atoms with Crippen LogP contribution in [0, 0.1) is 13.8 Å². The van der Waals surface area contributed by atoms with Gasteiger partial charge in [0, 0.05) is 18.8 Å². The fraction of sp³-hybridized carbons (Fsp3) is 0.500. The Kier molecular flexibility index (Phi) is 4.63. The van der Waals surface area contributed by atoms with Crippen molar-refractivity contribution in [3.05, 3.63) is 29.3 Å². The SMILES string of the molecule is Cc1cc(C)cc(NC(=O)C(=O)N2CC(C)OC(C)C2)c1. The summed E-state index contributed by atoms with van der Waals surface area (Å²) in [6, 6.07) is 5.72. The first kappa shape index (κ1) is 15.5. The lowest BCUT2D eigenvalue weighted by atomic mass is 10.1. The van der Waals surface area contributed by atoms with E-state index < -0.39 is 11.8 Å². The maximum Gasteiger partial charge on any atom is 0.313 e. The summed E-state index contributed by atoms with van der Waals surface area (Å²) in [5.74, 6) is -1.10. The highest BCUT2D eigenvalue weighted by Gasteiger charge is 2.29. The molecule has 0 radical (unpaired) electrons. The number of rotatable bonds is 1. The predicted molar refractivity (Wildman–Crippen MR) is 81.1 cm³/mol. The van der Waals surface area contributed by atoms with E-state index in [1.807, 2.05) is 45.9 Å². The van der Waals surface area contributed by atoms with Crippen LogP contribution in [0.1, 0.15) is 25.0 Å². The molecule has 0 saturated carbocycles. The van der Waals surface area contributed by atoms with Crippen molar-refractivity contribution in [3.63, 3.8) is 0 Å². The van der Waals surface area contributed by atoms with Crippen LogP contribution in [0.5, 0.6) is 0 Å². The summed E-state index contributed by atoms with van der Waals surface area (Å²) in [5.41, 5.74) is 2.75. The maximum absolute atomic E-state index is 12.2. The summed E-state index contributed by atoms with van der Waals surface area (Å²) < 4.78 is 5.57. The third kappa shape index (κ3) is 4.04. The minimum absolute atomic E-state index is 0.0493. The molecule has 1 fully saturated rings. The number of aryl methyl sites for hydroxylation is 2. The Labute approximate surface area is 125 Å². The van der Waals surface area contributed by atoms with Crippen molar-refractivity contribution < 1.29 is 14.3 Å². The van der Waals surface area contributed by atoms with E-state index in [1.165, 1.54) is 0 Å². The van der Waals surface area contributed by atoms with E-state index >= 15 is 0 Å². The van der Waals surface area contributed by atoms with Gasteiger partial charge in [-0.1, -0.05) is 6.07 Å². The molecule has 1 heterocycles. The molecule has 1 aromatic carbocycles. The topological polar surface area (TPSA) is 58.6 Å². The van der Waals surface area contributed by atoms with Crippen molar-refractivity contribution in [2.45, 2.75) is 39.9 Å². The highest BCUT2D eigenvalue weighted by atomic mass is 16.5. The zero-order chi connectivity index (χ0) is 15.6. The fourth-order valence-electron chi connectivity index (χ4n) is 2.72. The molecule has 0 bridgehead atoms. The lowest BCUT2D eigenvalue weighted by molar-refractivity contribution is -0.151. The molecule has 1 aliphatic rings. The van der Waals surface area contributed by atoms with Gasteiger partial charge >= 0.3 is 11.8 Å². The summed E-state index contributed by atoms with van der Waals surface area (Å²) in [4.78, 5) is 25.9. The Bertz CT molecular complexity index is 526. The Hall–Kier alpha value is -1.88. The number of carbonyl (C=O) groups excluding carboxylic acids is 2. The number of ether oxygens (including phenoxy) is 1. The van der Waals surface area contributed by atoms with E-state index in [-0.39, 0.29) is 12.2 Å². The predicted octanol–water partition coefficient (Wildman–Crippen LogP) is 1.88. The van der Waals surface area contributed by atoms with Crippen LogP contribution in [0.3, 0.4) is 0 Å². The number of carbonyl (C=O) groups is 2. The second-order valence-corrected chi connectivity index (χ2v) is 5.80. The molecule has 1 aliphatic heterocycles. The number of anilines is 1. The molecule has 2 unspecified atom stereocenters. The first-order valence-corrected chi connectivity index (χ1v) is 7.19. The van der Waals surface area contributed by atoms with E-state index in [1.54, 1.807) is 4.90 Å². The van der Waals surface area contributed by atoms with Gasteiger partial charge in [-0.25, -0.2) is 0 Å². The van der Waals surface area contributed by atoms with Crippen molar-refractivity contribution >= 4 is 17.5 Å². The standard InChI is InChI=1S/C16H22N2O3/c1-10-5-11(2)7-14(6-10)17-15(19)16(20)18-8-12(3)21-13(4)9-18/h5-7,12-13H,8-9H2,1-4H3,(H,17,19). The molecule has 21 heavy (non-hydrogen) atoms. The van der Waals surface area contributed by atoms with Gasteiger partial charge < -0.3 is 15.0 Å². The Morgan fingerprint density at radius 1 is 1.10 bits per heavy atom. The van der Waals surface area contributed by atoms with E-state index in [9.17, 15) is 9.59 Å². The summed E-state index contributed by atoms with van der Waals surface area (Å²) in [6.45, 7) is 8.61. The molecule has 114 valence electrons. The summed E-state index contributed by atoms with van der Waals surface area (Å²) >= 11 is 0. The number of morpholine rings is 1. The van der Waals surface area contributed by atoms with Crippen LogP contribution in [0.4, 0.5) is 5.69 Å². The minimum Gasteiger partial charge on any atom is -0.372 e. The van der Waals surface area contributed by atoms with Gasteiger partial charge in [0.2, 0.25) is 0 Å². The van der Waals surface area contributed by atoms with Crippen LogP contribution in [0.15, 0.2) is 18.2 Å². The maximum atomic E-state index is 12.2.